The number of nitrogens with zero attached hydrogens (tertiary/aromatic N) is 3. The smallest absolute Gasteiger partial charge is 0.254 e. The molecule has 25 heavy (non-hydrogen) atoms. The molecule has 0 fully saturated rings. The standard InChI is InChI=1S/C19H18ClN3O2/c1-12-4-5-13(2)16(10-12)19(24)23(3)11-17-21-18(22-25-17)14-6-8-15(20)9-7-14/h4-10H,11H2,1-3H3. The summed E-state index contributed by atoms with van der Waals surface area (Å²) in [6.07, 6.45) is 0. The minimum Gasteiger partial charge on any atom is -0.337 e. The van der Waals surface area contributed by atoms with Gasteiger partial charge in [0.1, 0.15) is 0 Å². The lowest BCUT2D eigenvalue weighted by Gasteiger charge is -2.16. The van der Waals surface area contributed by atoms with Crippen LogP contribution >= 0.6 is 11.6 Å². The second-order valence-corrected chi connectivity index (χ2v) is 6.43. The SMILES string of the molecule is Cc1ccc(C)c(C(=O)N(C)Cc2nc(-c3ccc(Cl)cc3)no2)c1. The number of benzene rings is 2. The summed E-state index contributed by atoms with van der Waals surface area (Å²) in [5, 5.41) is 4.61. The van der Waals surface area contributed by atoms with Gasteiger partial charge in [-0.2, -0.15) is 4.98 Å². The van der Waals surface area contributed by atoms with Crippen molar-refractivity contribution in [3.63, 3.8) is 0 Å². The number of carbonyl (C=O) groups excluding carboxylic acids is 1. The summed E-state index contributed by atoms with van der Waals surface area (Å²) in [7, 11) is 1.72. The summed E-state index contributed by atoms with van der Waals surface area (Å²) in [5.74, 6) is 0.776. The zero-order valence-corrected chi connectivity index (χ0v) is 15.0. The lowest BCUT2D eigenvalue weighted by molar-refractivity contribution is 0.0768. The Morgan fingerprint density at radius 1 is 1.16 bits per heavy atom. The van der Waals surface area contributed by atoms with Gasteiger partial charge in [0.05, 0.1) is 6.54 Å². The molecule has 3 rings (SSSR count). The Labute approximate surface area is 151 Å². The third-order valence-electron chi connectivity index (χ3n) is 3.91. The zero-order chi connectivity index (χ0) is 18.0. The van der Waals surface area contributed by atoms with Crippen LogP contribution in [0.2, 0.25) is 5.02 Å². The van der Waals surface area contributed by atoms with Crippen LogP contribution in [0.4, 0.5) is 0 Å². The predicted octanol–water partition coefficient (Wildman–Crippen LogP) is 4.28. The molecular weight excluding hydrogens is 338 g/mol. The first-order valence-electron chi connectivity index (χ1n) is 7.85. The number of rotatable bonds is 4. The normalized spacial score (nSPS) is 10.7. The van der Waals surface area contributed by atoms with Crippen LogP contribution in [-0.2, 0) is 6.54 Å². The largest absolute Gasteiger partial charge is 0.337 e. The van der Waals surface area contributed by atoms with E-state index < -0.39 is 0 Å². The van der Waals surface area contributed by atoms with Crippen LogP contribution in [0.15, 0.2) is 47.0 Å². The molecule has 2 aromatic carbocycles. The van der Waals surface area contributed by atoms with Gasteiger partial charge in [0.25, 0.3) is 5.91 Å². The van der Waals surface area contributed by atoms with Crippen LogP contribution in [-0.4, -0.2) is 28.0 Å². The molecule has 6 heteroatoms. The van der Waals surface area contributed by atoms with Crippen LogP contribution < -0.4 is 0 Å². The first kappa shape index (κ1) is 17.2. The highest BCUT2D eigenvalue weighted by Crippen LogP contribution is 2.19. The fourth-order valence-electron chi connectivity index (χ4n) is 2.48. The fraction of sp³-hybridized carbons (Fsp3) is 0.211. The molecule has 5 nitrogen and oxygen atoms in total. The van der Waals surface area contributed by atoms with E-state index in [-0.39, 0.29) is 12.5 Å². The van der Waals surface area contributed by atoms with E-state index in [0.717, 1.165) is 16.7 Å². The Morgan fingerprint density at radius 2 is 1.88 bits per heavy atom. The maximum Gasteiger partial charge on any atom is 0.254 e. The van der Waals surface area contributed by atoms with Gasteiger partial charge in [0.2, 0.25) is 11.7 Å². The maximum absolute atomic E-state index is 12.7. The highest BCUT2D eigenvalue weighted by Gasteiger charge is 2.18. The lowest BCUT2D eigenvalue weighted by Crippen LogP contribution is -2.27. The topological polar surface area (TPSA) is 59.2 Å². The fourth-order valence-corrected chi connectivity index (χ4v) is 2.61. The van der Waals surface area contributed by atoms with Crippen molar-refractivity contribution in [1.82, 2.24) is 15.0 Å². The van der Waals surface area contributed by atoms with Crippen molar-refractivity contribution in [2.24, 2.45) is 0 Å². The van der Waals surface area contributed by atoms with Crippen LogP contribution in [0.25, 0.3) is 11.4 Å². The molecule has 0 unspecified atom stereocenters. The molecule has 1 heterocycles. The Bertz CT molecular complexity index is 903. The van der Waals surface area contributed by atoms with Gasteiger partial charge >= 0.3 is 0 Å². The van der Waals surface area contributed by atoms with E-state index in [1.54, 1.807) is 24.1 Å². The second-order valence-electron chi connectivity index (χ2n) is 6.00. The molecule has 0 atom stereocenters. The van der Waals surface area contributed by atoms with Crippen molar-refractivity contribution >= 4 is 17.5 Å². The summed E-state index contributed by atoms with van der Waals surface area (Å²) < 4.78 is 5.27. The monoisotopic (exact) mass is 355 g/mol. The summed E-state index contributed by atoms with van der Waals surface area (Å²) in [6.45, 7) is 4.13. The molecule has 0 bridgehead atoms. The molecule has 1 amide bonds. The molecule has 1 aromatic heterocycles. The van der Waals surface area contributed by atoms with Crippen LogP contribution in [0.5, 0.6) is 0 Å². The molecule has 0 saturated carbocycles. The van der Waals surface area contributed by atoms with E-state index >= 15 is 0 Å². The highest BCUT2D eigenvalue weighted by atomic mass is 35.5. The van der Waals surface area contributed by atoms with Crippen molar-refractivity contribution in [3.05, 3.63) is 70.1 Å². The van der Waals surface area contributed by atoms with Crippen molar-refractivity contribution in [3.8, 4) is 11.4 Å². The lowest BCUT2D eigenvalue weighted by atomic mass is 10.0. The summed E-state index contributed by atoms with van der Waals surface area (Å²) in [5.41, 5.74) is 3.47. The Kier molecular flexibility index (Phi) is 4.86. The highest BCUT2D eigenvalue weighted by molar-refractivity contribution is 6.30. The van der Waals surface area contributed by atoms with Crippen molar-refractivity contribution in [2.75, 3.05) is 7.05 Å². The number of hydrogen-bond donors (Lipinski definition) is 0. The van der Waals surface area contributed by atoms with Gasteiger partial charge in [-0.05, 0) is 49.7 Å². The number of aromatic nitrogens is 2. The van der Waals surface area contributed by atoms with Gasteiger partial charge in [-0.1, -0.05) is 34.5 Å². The first-order chi connectivity index (χ1) is 11.9. The molecule has 0 radical (unpaired) electrons. The maximum atomic E-state index is 12.7. The van der Waals surface area contributed by atoms with Crippen molar-refractivity contribution in [2.45, 2.75) is 20.4 Å². The second kappa shape index (κ2) is 7.07. The first-order valence-corrected chi connectivity index (χ1v) is 8.23. The van der Waals surface area contributed by atoms with Gasteiger partial charge in [0.15, 0.2) is 0 Å². The van der Waals surface area contributed by atoms with Crippen molar-refractivity contribution < 1.29 is 9.32 Å². The summed E-state index contributed by atoms with van der Waals surface area (Å²) in [4.78, 5) is 18.6. The van der Waals surface area contributed by atoms with E-state index in [4.69, 9.17) is 16.1 Å². The van der Waals surface area contributed by atoms with Crippen LogP contribution in [0.1, 0.15) is 27.4 Å². The Balaban J connectivity index is 1.75. The van der Waals surface area contributed by atoms with E-state index in [9.17, 15) is 4.79 Å². The molecule has 0 aliphatic carbocycles. The van der Waals surface area contributed by atoms with Gasteiger partial charge in [-0.25, -0.2) is 0 Å². The van der Waals surface area contributed by atoms with Crippen LogP contribution in [0, 0.1) is 13.8 Å². The third kappa shape index (κ3) is 3.88. The number of halogens is 1. The van der Waals surface area contributed by atoms with Crippen LogP contribution in [0.3, 0.4) is 0 Å². The number of aryl methyl sites for hydroxylation is 2. The minimum atomic E-state index is -0.0764. The van der Waals surface area contributed by atoms with Crippen molar-refractivity contribution in [1.29, 1.82) is 0 Å². The third-order valence-corrected chi connectivity index (χ3v) is 4.17. The molecule has 128 valence electrons. The van der Waals surface area contributed by atoms with E-state index in [1.165, 1.54) is 0 Å². The number of carbonyl (C=O) groups is 1. The average molecular weight is 356 g/mol. The molecular formula is C19H18ClN3O2. The van der Waals surface area contributed by atoms with Gasteiger partial charge in [0, 0.05) is 23.2 Å². The summed E-state index contributed by atoms with van der Waals surface area (Å²) >= 11 is 5.88. The van der Waals surface area contributed by atoms with Gasteiger partial charge in [-0.15, -0.1) is 0 Å². The average Bonchev–Trinajstić information content (AvgIpc) is 3.05. The molecule has 0 spiro atoms. The molecule has 0 saturated heterocycles. The predicted molar refractivity (Wildman–Crippen MR) is 96.5 cm³/mol. The number of amides is 1. The number of hydrogen-bond acceptors (Lipinski definition) is 4. The van der Waals surface area contributed by atoms with Gasteiger partial charge < -0.3 is 9.42 Å². The Hall–Kier alpha value is -2.66. The molecule has 0 aliphatic rings. The zero-order valence-electron chi connectivity index (χ0n) is 14.3. The van der Waals surface area contributed by atoms with E-state index in [2.05, 4.69) is 10.1 Å². The van der Waals surface area contributed by atoms with Gasteiger partial charge in [-0.3, -0.25) is 4.79 Å². The van der Waals surface area contributed by atoms with E-state index in [1.807, 2.05) is 44.2 Å². The quantitative estimate of drug-likeness (QED) is 0.700. The molecule has 0 aliphatic heterocycles. The minimum absolute atomic E-state index is 0.0764. The Morgan fingerprint density at radius 3 is 2.60 bits per heavy atom. The molecule has 0 N–H and O–H groups in total. The molecule has 3 aromatic rings. The van der Waals surface area contributed by atoms with E-state index in [0.29, 0.717) is 22.3 Å². The summed E-state index contributed by atoms with van der Waals surface area (Å²) in [6, 6.07) is 13.0.